The van der Waals surface area contributed by atoms with Crippen molar-refractivity contribution in [3.05, 3.63) is 58.2 Å². The number of thiophene rings is 1. The van der Waals surface area contributed by atoms with Gasteiger partial charge in [-0.15, -0.1) is 11.3 Å². The van der Waals surface area contributed by atoms with E-state index in [1.807, 2.05) is 24.0 Å². The Hall–Kier alpha value is -4.65. The molecule has 3 aromatic heterocycles. The molecule has 0 bridgehead atoms. The van der Waals surface area contributed by atoms with Crippen molar-refractivity contribution in [3.8, 4) is 29.0 Å². The molecule has 2 unspecified atom stereocenters. The number of rotatable bonds is 9. The van der Waals surface area contributed by atoms with Crippen molar-refractivity contribution in [2.75, 3.05) is 49.7 Å². The fraction of sp³-hybridized carbons (Fsp3) is 0.333. The van der Waals surface area contributed by atoms with Crippen molar-refractivity contribution in [2.45, 2.75) is 38.8 Å². The Balaban J connectivity index is 1.59. The van der Waals surface area contributed by atoms with E-state index < -0.39 is 36.2 Å². The number of aromatic nitrogens is 3. The largest absolute Gasteiger partial charge is 0.489 e. The van der Waals surface area contributed by atoms with E-state index in [4.69, 9.17) is 37.5 Å². The zero-order valence-corrected chi connectivity index (χ0v) is 28.4. The van der Waals surface area contributed by atoms with E-state index in [2.05, 4.69) is 9.97 Å². The van der Waals surface area contributed by atoms with Crippen molar-refractivity contribution in [1.82, 2.24) is 19.9 Å². The number of alkyl halides is 2. The molecular weight excluding hydrogens is 684 g/mol. The minimum Gasteiger partial charge on any atom is -0.489 e. The SMILES string of the molecule is CC(CN(C)CC(C)(F)F)Oc1nc2c3c(c(Cl)c(-c4ccc(F)c5sc(N)c(C#N)c45)c(F)c3n1)OCCN2C(C)c1cccnc1N. The number of ether oxygens (including phenoxy) is 2. The molecule has 4 N–H and O–H groups in total. The maximum Gasteiger partial charge on any atom is 0.319 e. The maximum absolute atomic E-state index is 17.1. The lowest BCUT2D eigenvalue weighted by atomic mass is 9.96. The summed E-state index contributed by atoms with van der Waals surface area (Å²) in [4.78, 5) is 16.6. The minimum atomic E-state index is -2.93. The van der Waals surface area contributed by atoms with Gasteiger partial charge in [-0.05, 0) is 38.6 Å². The van der Waals surface area contributed by atoms with E-state index in [0.29, 0.717) is 5.56 Å². The molecule has 6 rings (SSSR count). The van der Waals surface area contributed by atoms with Gasteiger partial charge in [0.2, 0.25) is 0 Å². The predicted octanol–water partition coefficient (Wildman–Crippen LogP) is 7.19. The van der Waals surface area contributed by atoms with Gasteiger partial charge >= 0.3 is 6.01 Å². The molecule has 10 nitrogen and oxygen atoms in total. The summed E-state index contributed by atoms with van der Waals surface area (Å²) in [7, 11) is 1.53. The smallest absolute Gasteiger partial charge is 0.319 e. The van der Waals surface area contributed by atoms with E-state index in [1.54, 1.807) is 19.2 Å². The van der Waals surface area contributed by atoms with Gasteiger partial charge in [-0.25, -0.2) is 22.5 Å². The monoisotopic (exact) mass is 714 g/mol. The molecule has 2 atom stereocenters. The third-order valence-electron chi connectivity index (χ3n) is 8.20. The number of nitriles is 1. The Morgan fingerprint density at radius 1 is 1.20 bits per heavy atom. The first kappa shape index (κ1) is 34.2. The minimum absolute atomic E-state index is 0.0195. The topological polar surface area (TPSA) is 139 Å². The van der Waals surface area contributed by atoms with E-state index in [0.717, 1.165) is 24.3 Å². The summed E-state index contributed by atoms with van der Waals surface area (Å²) in [6.07, 6.45) is 0.868. The fourth-order valence-electron chi connectivity index (χ4n) is 6.25. The van der Waals surface area contributed by atoms with Gasteiger partial charge in [0.15, 0.2) is 11.6 Å². The summed E-state index contributed by atoms with van der Waals surface area (Å²) in [6.45, 7) is 4.25. The van der Waals surface area contributed by atoms with Gasteiger partial charge in [0, 0.05) is 36.2 Å². The van der Waals surface area contributed by atoms with Crippen LogP contribution >= 0.6 is 22.9 Å². The lowest BCUT2D eigenvalue weighted by molar-refractivity contribution is -0.0144. The van der Waals surface area contributed by atoms with Gasteiger partial charge in [-0.2, -0.15) is 15.2 Å². The van der Waals surface area contributed by atoms with Crippen LogP contribution in [0.25, 0.3) is 32.1 Å². The predicted molar refractivity (Wildman–Crippen MR) is 183 cm³/mol. The molecule has 16 heteroatoms. The van der Waals surface area contributed by atoms with Crippen LogP contribution in [0, 0.1) is 23.0 Å². The Bertz CT molecular complexity index is 2140. The van der Waals surface area contributed by atoms with Gasteiger partial charge in [0.05, 0.1) is 39.8 Å². The number of pyridine rings is 1. The second-order valence-electron chi connectivity index (χ2n) is 12.0. The van der Waals surface area contributed by atoms with Crippen molar-refractivity contribution >= 4 is 60.6 Å². The summed E-state index contributed by atoms with van der Waals surface area (Å²) in [5.74, 6) is -3.90. The normalized spacial score (nSPS) is 14.5. The van der Waals surface area contributed by atoms with Crippen LogP contribution in [-0.4, -0.2) is 65.2 Å². The van der Waals surface area contributed by atoms with Crippen LogP contribution in [-0.2, 0) is 0 Å². The first-order chi connectivity index (χ1) is 23.2. The Kier molecular flexibility index (Phi) is 9.08. The molecule has 5 aromatic rings. The van der Waals surface area contributed by atoms with Crippen LogP contribution in [0.1, 0.15) is 37.9 Å². The number of benzene rings is 2. The van der Waals surface area contributed by atoms with Gasteiger partial charge in [0.1, 0.15) is 46.8 Å². The molecule has 0 radical (unpaired) electrons. The van der Waals surface area contributed by atoms with E-state index in [1.165, 1.54) is 18.0 Å². The average molecular weight is 715 g/mol. The lowest BCUT2D eigenvalue weighted by Crippen LogP contribution is -2.38. The summed E-state index contributed by atoms with van der Waals surface area (Å²) in [5, 5.41) is 10.1. The Morgan fingerprint density at radius 2 is 1.96 bits per heavy atom. The standard InChI is InChI=1S/C33H31ClF4N8O2S/c1-15(13-45(4)14-33(3,37)38)48-32-43-26-23-27(47-11-10-46(31(23)44-32)16(2)17-6-5-9-42-29(17)40)24(34)22(25(26)36)18-7-8-20(35)28-21(18)19(12-39)30(41)49-28/h5-9,15-16H,10-11,13-14,41H2,1-4H3,(H2,40,42). The highest BCUT2D eigenvalue weighted by atomic mass is 35.5. The highest BCUT2D eigenvalue weighted by Crippen LogP contribution is 2.51. The molecule has 0 fully saturated rings. The summed E-state index contributed by atoms with van der Waals surface area (Å²) in [5.41, 5.74) is 12.7. The molecule has 0 spiro atoms. The number of nitrogens with two attached hydrogens (primary N) is 2. The lowest BCUT2D eigenvalue weighted by Gasteiger charge is -2.30. The molecule has 2 aromatic carbocycles. The Morgan fingerprint density at radius 3 is 2.65 bits per heavy atom. The molecular formula is C33H31ClF4N8O2S. The summed E-state index contributed by atoms with van der Waals surface area (Å²) >= 11 is 7.85. The third kappa shape index (κ3) is 6.31. The van der Waals surface area contributed by atoms with Crippen LogP contribution in [0.5, 0.6) is 11.8 Å². The molecule has 4 heterocycles. The number of nitrogen functional groups attached to an aromatic ring is 2. The van der Waals surface area contributed by atoms with Crippen LogP contribution in [0.15, 0.2) is 30.5 Å². The second kappa shape index (κ2) is 13.0. The highest BCUT2D eigenvalue weighted by Gasteiger charge is 2.34. The number of hydrogen-bond donors (Lipinski definition) is 2. The van der Waals surface area contributed by atoms with Crippen molar-refractivity contribution in [1.29, 1.82) is 5.26 Å². The average Bonchev–Trinajstić information content (AvgIpc) is 3.25. The Labute approximate surface area is 287 Å². The number of nitrogens with zero attached hydrogens (tertiary/aromatic N) is 6. The molecule has 256 valence electrons. The summed E-state index contributed by atoms with van der Waals surface area (Å²) in [6, 6.07) is 7.34. The van der Waals surface area contributed by atoms with Crippen LogP contribution in [0.4, 0.5) is 34.2 Å². The van der Waals surface area contributed by atoms with Crippen LogP contribution < -0.4 is 25.8 Å². The fourth-order valence-corrected chi connectivity index (χ4v) is 7.53. The molecule has 49 heavy (non-hydrogen) atoms. The third-order valence-corrected chi connectivity index (χ3v) is 9.59. The number of fused-ring (bicyclic) bond motifs is 1. The molecule has 1 aliphatic rings. The first-order valence-corrected chi connectivity index (χ1v) is 16.4. The zero-order valence-electron chi connectivity index (χ0n) is 26.8. The van der Waals surface area contributed by atoms with E-state index >= 15 is 4.39 Å². The molecule has 0 aliphatic carbocycles. The van der Waals surface area contributed by atoms with Gasteiger partial charge in [0.25, 0.3) is 5.92 Å². The second-order valence-corrected chi connectivity index (χ2v) is 13.5. The number of hydrogen-bond acceptors (Lipinski definition) is 11. The van der Waals surface area contributed by atoms with E-state index in [9.17, 15) is 18.4 Å². The number of anilines is 3. The quantitative estimate of drug-likeness (QED) is 0.151. The van der Waals surface area contributed by atoms with Gasteiger partial charge in [-0.3, -0.25) is 4.90 Å². The zero-order chi connectivity index (χ0) is 35.4. The van der Waals surface area contributed by atoms with Gasteiger partial charge < -0.3 is 25.8 Å². The molecule has 0 amide bonds. The first-order valence-electron chi connectivity index (χ1n) is 15.2. The van der Waals surface area contributed by atoms with Crippen molar-refractivity contribution < 1.29 is 27.0 Å². The summed E-state index contributed by atoms with van der Waals surface area (Å²) < 4.78 is 71.8. The number of halogens is 5. The molecule has 0 saturated carbocycles. The maximum atomic E-state index is 17.1. The molecule has 1 aliphatic heterocycles. The van der Waals surface area contributed by atoms with Crippen LogP contribution in [0.3, 0.4) is 0 Å². The number of likely N-dealkylation sites (N-methyl/N-ethyl adjacent to an activating group) is 1. The van der Waals surface area contributed by atoms with Crippen LogP contribution in [0.2, 0.25) is 5.02 Å². The molecule has 0 saturated heterocycles. The van der Waals surface area contributed by atoms with Crippen molar-refractivity contribution in [2.24, 2.45) is 0 Å². The van der Waals surface area contributed by atoms with E-state index in [-0.39, 0.29) is 90.8 Å². The van der Waals surface area contributed by atoms with Crippen molar-refractivity contribution in [3.63, 3.8) is 0 Å². The van der Waals surface area contributed by atoms with Gasteiger partial charge in [-0.1, -0.05) is 23.7 Å². The highest BCUT2D eigenvalue weighted by molar-refractivity contribution is 7.23.